The zero-order valence-electron chi connectivity index (χ0n) is 10.2. The fourth-order valence-electron chi connectivity index (χ4n) is 1.50. The van der Waals surface area contributed by atoms with E-state index in [1.54, 1.807) is 12.1 Å². The lowest BCUT2D eigenvalue weighted by Gasteiger charge is -2.13. The number of hydrogen-bond donors (Lipinski definition) is 1. The van der Waals surface area contributed by atoms with E-state index in [0.717, 1.165) is 5.71 Å². The summed E-state index contributed by atoms with van der Waals surface area (Å²) in [5.41, 5.74) is 3.48. The summed E-state index contributed by atoms with van der Waals surface area (Å²) in [4.78, 5) is 11.5. The summed E-state index contributed by atoms with van der Waals surface area (Å²) < 4.78 is 4.97. The first-order chi connectivity index (χ1) is 7.52. The van der Waals surface area contributed by atoms with Gasteiger partial charge in [-0.05, 0) is 24.0 Å². The van der Waals surface area contributed by atoms with Crippen molar-refractivity contribution in [1.82, 2.24) is 5.43 Å². The Kier molecular flexibility index (Phi) is 4.28. The lowest BCUT2D eigenvalue weighted by Crippen LogP contribution is -2.24. The summed E-state index contributed by atoms with van der Waals surface area (Å²) in [6.45, 7) is 8.21. The van der Waals surface area contributed by atoms with E-state index in [1.807, 2.05) is 0 Å². The zero-order valence-corrected chi connectivity index (χ0v) is 10.2. The minimum Gasteiger partial charge on any atom is -0.459 e. The number of nitrogens with one attached hydrogen (secondary N) is 1. The fraction of sp³-hybridized carbons (Fsp3) is 0.500. The van der Waals surface area contributed by atoms with Crippen LogP contribution in [0.15, 0.2) is 27.9 Å². The molecule has 4 nitrogen and oxygen atoms in total. The van der Waals surface area contributed by atoms with Crippen molar-refractivity contribution in [2.24, 2.45) is 16.9 Å². The lowest BCUT2D eigenvalue weighted by molar-refractivity contribution is 0.0927. The molecule has 16 heavy (non-hydrogen) atoms. The Bertz CT molecular complexity index is 354. The van der Waals surface area contributed by atoms with Crippen molar-refractivity contribution in [2.45, 2.75) is 27.7 Å². The van der Waals surface area contributed by atoms with Crippen LogP contribution in [0.4, 0.5) is 0 Å². The van der Waals surface area contributed by atoms with Crippen LogP contribution in [0.1, 0.15) is 38.2 Å². The van der Waals surface area contributed by atoms with Gasteiger partial charge in [0.1, 0.15) is 0 Å². The Morgan fingerprint density at radius 1 is 1.31 bits per heavy atom. The Hall–Kier alpha value is -1.58. The molecule has 0 saturated carbocycles. The van der Waals surface area contributed by atoms with Gasteiger partial charge >= 0.3 is 5.91 Å². The van der Waals surface area contributed by atoms with Crippen molar-refractivity contribution in [3.63, 3.8) is 0 Å². The number of rotatable bonds is 4. The van der Waals surface area contributed by atoms with E-state index in [0.29, 0.717) is 11.8 Å². The molecule has 0 atom stereocenters. The highest BCUT2D eigenvalue weighted by atomic mass is 16.3. The first-order valence-electron chi connectivity index (χ1n) is 5.43. The first-order valence-corrected chi connectivity index (χ1v) is 5.43. The number of furan rings is 1. The van der Waals surface area contributed by atoms with Crippen LogP contribution in [0, 0.1) is 11.8 Å². The number of hydrazone groups is 1. The standard InChI is InChI=1S/C12H18N2O2/c1-8(2)11(9(3)4)13-14-12(15)10-6-5-7-16-10/h5-9H,1-4H3,(H,14,15). The summed E-state index contributed by atoms with van der Waals surface area (Å²) in [7, 11) is 0. The molecule has 1 rings (SSSR count). The Balaban J connectivity index is 2.67. The van der Waals surface area contributed by atoms with Crippen LogP contribution in [0.3, 0.4) is 0 Å². The van der Waals surface area contributed by atoms with Gasteiger partial charge in [-0.3, -0.25) is 4.79 Å². The maximum atomic E-state index is 11.5. The van der Waals surface area contributed by atoms with Crippen molar-refractivity contribution < 1.29 is 9.21 Å². The van der Waals surface area contributed by atoms with Crippen LogP contribution in [0.5, 0.6) is 0 Å². The van der Waals surface area contributed by atoms with E-state index in [1.165, 1.54) is 6.26 Å². The third-order valence-electron chi connectivity index (χ3n) is 2.21. The SMILES string of the molecule is CC(C)C(=NNC(=O)c1ccco1)C(C)C. The van der Waals surface area contributed by atoms with Crippen LogP contribution in [-0.2, 0) is 0 Å². The van der Waals surface area contributed by atoms with Crippen LogP contribution in [-0.4, -0.2) is 11.6 Å². The summed E-state index contributed by atoms with van der Waals surface area (Å²) in [5.74, 6) is 0.591. The third-order valence-corrected chi connectivity index (χ3v) is 2.21. The van der Waals surface area contributed by atoms with Crippen LogP contribution in [0.25, 0.3) is 0 Å². The third kappa shape index (κ3) is 3.22. The highest BCUT2D eigenvalue weighted by Gasteiger charge is 2.12. The summed E-state index contributed by atoms with van der Waals surface area (Å²) in [6, 6.07) is 3.28. The largest absolute Gasteiger partial charge is 0.459 e. The fourth-order valence-corrected chi connectivity index (χ4v) is 1.50. The Morgan fingerprint density at radius 3 is 2.38 bits per heavy atom. The number of amides is 1. The van der Waals surface area contributed by atoms with Crippen molar-refractivity contribution in [3.05, 3.63) is 24.2 Å². The molecule has 0 radical (unpaired) electrons. The highest BCUT2D eigenvalue weighted by Crippen LogP contribution is 2.07. The van der Waals surface area contributed by atoms with E-state index in [4.69, 9.17) is 4.42 Å². The van der Waals surface area contributed by atoms with E-state index in [-0.39, 0.29) is 11.7 Å². The summed E-state index contributed by atoms with van der Waals surface area (Å²) in [6.07, 6.45) is 1.46. The van der Waals surface area contributed by atoms with Gasteiger partial charge in [-0.1, -0.05) is 27.7 Å². The van der Waals surface area contributed by atoms with Crippen molar-refractivity contribution in [1.29, 1.82) is 0 Å². The number of hydrogen-bond acceptors (Lipinski definition) is 3. The molecular formula is C12H18N2O2. The number of carbonyl (C=O) groups is 1. The molecule has 4 heteroatoms. The molecule has 0 aliphatic rings. The molecule has 0 aromatic carbocycles. The molecule has 0 aliphatic carbocycles. The Labute approximate surface area is 95.7 Å². The van der Waals surface area contributed by atoms with E-state index < -0.39 is 0 Å². The van der Waals surface area contributed by atoms with Gasteiger partial charge in [0.15, 0.2) is 5.76 Å². The van der Waals surface area contributed by atoms with Gasteiger partial charge in [0.05, 0.1) is 6.26 Å². The van der Waals surface area contributed by atoms with E-state index >= 15 is 0 Å². The minimum absolute atomic E-state index is 0.274. The minimum atomic E-state index is -0.316. The average Bonchev–Trinajstić information content (AvgIpc) is 2.69. The van der Waals surface area contributed by atoms with Gasteiger partial charge in [0.25, 0.3) is 0 Å². The number of carbonyl (C=O) groups excluding carboxylic acids is 1. The smallest absolute Gasteiger partial charge is 0.307 e. The van der Waals surface area contributed by atoms with Gasteiger partial charge in [0, 0.05) is 5.71 Å². The molecule has 0 fully saturated rings. The summed E-state index contributed by atoms with van der Waals surface area (Å²) >= 11 is 0. The van der Waals surface area contributed by atoms with E-state index in [9.17, 15) is 4.79 Å². The molecule has 0 spiro atoms. The molecule has 1 aromatic rings. The van der Waals surface area contributed by atoms with Gasteiger partial charge in [-0.25, -0.2) is 5.43 Å². The van der Waals surface area contributed by atoms with Crippen LogP contribution in [0.2, 0.25) is 0 Å². The second-order valence-corrected chi connectivity index (χ2v) is 4.26. The quantitative estimate of drug-likeness (QED) is 0.629. The predicted molar refractivity (Wildman–Crippen MR) is 63.3 cm³/mol. The topological polar surface area (TPSA) is 54.6 Å². The van der Waals surface area contributed by atoms with Crippen LogP contribution >= 0.6 is 0 Å². The number of nitrogens with zero attached hydrogens (tertiary/aromatic N) is 1. The molecule has 1 amide bonds. The average molecular weight is 222 g/mol. The first kappa shape index (κ1) is 12.5. The Morgan fingerprint density at radius 2 is 1.94 bits per heavy atom. The molecule has 0 aliphatic heterocycles. The van der Waals surface area contributed by atoms with Gasteiger partial charge in [-0.2, -0.15) is 5.10 Å². The lowest BCUT2D eigenvalue weighted by atomic mass is 9.98. The predicted octanol–water partition coefficient (Wildman–Crippen LogP) is 2.68. The van der Waals surface area contributed by atoms with Gasteiger partial charge in [0.2, 0.25) is 0 Å². The van der Waals surface area contributed by atoms with Gasteiger partial charge < -0.3 is 4.42 Å². The molecule has 0 saturated heterocycles. The van der Waals surface area contributed by atoms with E-state index in [2.05, 4.69) is 38.2 Å². The molecule has 0 unspecified atom stereocenters. The molecule has 1 N–H and O–H groups in total. The van der Waals surface area contributed by atoms with Crippen molar-refractivity contribution in [3.8, 4) is 0 Å². The highest BCUT2D eigenvalue weighted by molar-refractivity contribution is 5.94. The molecular weight excluding hydrogens is 204 g/mol. The van der Waals surface area contributed by atoms with Crippen molar-refractivity contribution >= 4 is 11.6 Å². The molecule has 1 aromatic heterocycles. The van der Waals surface area contributed by atoms with Crippen molar-refractivity contribution in [2.75, 3.05) is 0 Å². The van der Waals surface area contributed by atoms with Crippen LogP contribution < -0.4 is 5.43 Å². The van der Waals surface area contributed by atoms with Gasteiger partial charge in [-0.15, -0.1) is 0 Å². The molecule has 0 bridgehead atoms. The second kappa shape index (κ2) is 5.49. The molecule has 1 heterocycles. The maximum absolute atomic E-state index is 11.5. The monoisotopic (exact) mass is 222 g/mol. The molecule has 88 valence electrons. The summed E-state index contributed by atoms with van der Waals surface area (Å²) in [5, 5.41) is 4.14. The zero-order chi connectivity index (χ0) is 12.1. The maximum Gasteiger partial charge on any atom is 0.307 e. The normalized spacial score (nSPS) is 10.6. The second-order valence-electron chi connectivity index (χ2n) is 4.26.